The fourth-order valence-corrected chi connectivity index (χ4v) is 1.67. The number of carboxylic acids is 1. The van der Waals surface area contributed by atoms with Crippen LogP contribution >= 0.6 is 0 Å². The Kier molecular flexibility index (Phi) is 5.97. The first kappa shape index (κ1) is 14.3. The maximum absolute atomic E-state index is 11.6. The molecule has 0 saturated carbocycles. The van der Waals surface area contributed by atoms with Gasteiger partial charge in [0.05, 0.1) is 6.26 Å². The SMILES string of the molecule is CC(CCCC(=O)O)NC(=O)CCc1ccco1. The molecule has 1 aromatic rings. The van der Waals surface area contributed by atoms with E-state index in [0.29, 0.717) is 25.7 Å². The maximum Gasteiger partial charge on any atom is 0.303 e. The summed E-state index contributed by atoms with van der Waals surface area (Å²) in [5.41, 5.74) is 0. The number of carbonyl (C=O) groups is 2. The highest BCUT2D eigenvalue weighted by Crippen LogP contribution is 2.05. The molecule has 1 rings (SSSR count). The first-order valence-corrected chi connectivity index (χ1v) is 6.11. The minimum absolute atomic E-state index is 0.00783. The molecule has 1 amide bonds. The number of amides is 1. The van der Waals surface area contributed by atoms with E-state index >= 15 is 0 Å². The van der Waals surface area contributed by atoms with Gasteiger partial charge in [-0.1, -0.05) is 0 Å². The summed E-state index contributed by atoms with van der Waals surface area (Å²) in [6.45, 7) is 1.88. The quantitative estimate of drug-likeness (QED) is 0.742. The molecule has 0 aromatic carbocycles. The van der Waals surface area contributed by atoms with E-state index in [2.05, 4.69) is 5.32 Å². The van der Waals surface area contributed by atoms with Crippen LogP contribution in [0.15, 0.2) is 22.8 Å². The number of aliphatic carboxylic acids is 1. The van der Waals surface area contributed by atoms with Crippen LogP contribution in [0.3, 0.4) is 0 Å². The summed E-state index contributed by atoms with van der Waals surface area (Å²) in [6, 6.07) is 3.64. The summed E-state index contributed by atoms with van der Waals surface area (Å²) in [6.07, 6.45) is 3.96. The molecule has 2 N–H and O–H groups in total. The first-order chi connectivity index (χ1) is 8.58. The second-order valence-electron chi connectivity index (χ2n) is 4.33. The molecule has 0 aliphatic heterocycles. The number of hydrogen-bond donors (Lipinski definition) is 2. The van der Waals surface area contributed by atoms with Crippen molar-refractivity contribution in [3.63, 3.8) is 0 Å². The largest absolute Gasteiger partial charge is 0.481 e. The summed E-state index contributed by atoms with van der Waals surface area (Å²) < 4.78 is 5.13. The van der Waals surface area contributed by atoms with Gasteiger partial charge in [0.2, 0.25) is 5.91 Å². The van der Waals surface area contributed by atoms with Crippen molar-refractivity contribution >= 4 is 11.9 Å². The van der Waals surface area contributed by atoms with Crippen LogP contribution in [0.1, 0.15) is 38.4 Å². The van der Waals surface area contributed by atoms with E-state index in [1.807, 2.05) is 13.0 Å². The van der Waals surface area contributed by atoms with Gasteiger partial charge in [0, 0.05) is 25.3 Å². The Hall–Kier alpha value is -1.78. The smallest absolute Gasteiger partial charge is 0.303 e. The van der Waals surface area contributed by atoms with Gasteiger partial charge in [-0.2, -0.15) is 0 Å². The van der Waals surface area contributed by atoms with E-state index in [9.17, 15) is 9.59 Å². The zero-order valence-electron chi connectivity index (χ0n) is 10.5. The summed E-state index contributed by atoms with van der Waals surface area (Å²) in [7, 11) is 0. The second-order valence-corrected chi connectivity index (χ2v) is 4.33. The topological polar surface area (TPSA) is 79.5 Å². The predicted octanol–water partition coefficient (Wildman–Crippen LogP) is 1.97. The fraction of sp³-hybridized carbons (Fsp3) is 0.538. The minimum Gasteiger partial charge on any atom is -0.481 e. The molecule has 100 valence electrons. The Balaban J connectivity index is 2.13. The van der Waals surface area contributed by atoms with Gasteiger partial charge in [-0.05, 0) is 31.9 Å². The van der Waals surface area contributed by atoms with Gasteiger partial charge in [-0.15, -0.1) is 0 Å². The van der Waals surface area contributed by atoms with Gasteiger partial charge in [0.15, 0.2) is 0 Å². The molecule has 1 aromatic heterocycles. The Labute approximate surface area is 106 Å². The molecule has 0 aliphatic rings. The highest BCUT2D eigenvalue weighted by Gasteiger charge is 2.09. The van der Waals surface area contributed by atoms with Crippen LogP contribution in [-0.4, -0.2) is 23.0 Å². The number of carbonyl (C=O) groups excluding carboxylic acids is 1. The van der Waals surface area contributed by atoms with Gasteiger partial charge in [-0.25, -0.2) is 0 Å². The Morgan fingerprint density at radius 1 is 1.44 bits per heavy atom. The fourth-order valence-electron chi connectivity index (χ4n) is 1.67. The highest BCUT2D eigenvalue weighted by atomic mass is 16.4. The molecule has 1 unspecified atom stereocenters. The van der Waals surface area contributed by atoms with Gasteiger partial charge < -0.3 is 14.8 Å². The molecule has 0 spiro atoms. The standard InChI is InChI=1S/C13H19NO4/c1-10(4-2-6-13(16)17)14-12(15)8-7-11-5-3-9-18-11/h3,5,9-10H,2,4,6-8H2,1H3,(H,14,15)(H,16,17). The minimum atomic E-state index is -0.800. The zero-order chi connectivity index (χ0) is 13.4. The molecule has 18 heavy (non-hydrogen) atoms. The van der Waals surface area contributed by atoms with E-state index in [1.165, 1.54) is 0 Å². The van der Waals surface area contributed by atoms with Crippen LogP contribution in [0.5, 0.6) is 0 Å². The Morgan fingerprint density at radius 3 is 2.83 bits per heavy atom. The molecular weight excluding hydrogens is 234 g/mol. The molecular formula is C13H19NO4. The van der Waals surface area contributed by atoms with E-state index in [0.717, 1.165) is 5.76 Å². The lowest BCUT2D eigenvalue weighted by Gasteiger charge is -2.12. The van der Waals surface area contributed by atoms with Crippen LogP contribution in [0.4, 0.5) is 0 Å². The van der Waals surface area contributed by atoms with Gasteiger partial charge in [-0.3, -0.25) is 9.59 Å². The second kappa shape index (κ2) is 7.53. The molecule has 0 aliphatic carbocycles. The van der Waals surface area contributed by atoms with Crippen molar-refractivity contribution in [3.8, 4) is 0 Å². The molecule has 1 heterocycles. The van der Waals surface area contributed by atoms with Crippen molar-refractivity contribution in [2.45, 2.75) is 45.1 Å². The van der Waals surface area contributed by atoms with Crippen LogP contribution in [-0.2, 0) is 16.0 Å². The number of hydrogen-bond acceptors (Lipinski definition) is 3. The van der Waals surface area contributed by atoms with E-state index < -0.39 is 5.97 Å². The third-order valence-corrected chi connectivity index (χ3v) is 2.61. The number of aryl methyl sites for hydroxylation is 1. The average Bonchev–Trinajstić information content (AvgIpc) is 2.78. The third-order valence-electron chi connectivity index (χ3n) is 2.61. The monoisotopic (exact) mass is 253 g/mol. The van der Waals surface area contributed by atoms with Crippen LogP contribution < -0.4 is 5.32 Å². The average molecular weight is 253 g/mol. The lowest BCUT2D eigenvalue weighted by atomic mass is 10.1. The van der Waals surface area contributed by atoms with E-state index in [-0.39, 0.29) is 18.4 Å². The number of nitrogens with one attached hydrogen (secondary N) is 1. The maximum atomic E-state index is 11.6. The Morgan fingerprint density at radius 2 is 2.22 bits per heavy atom. The normalized spacial score (nSPS) is 12.1. The van der Waals surface area contributed by atoms with Crippen molar-refractivity contribution in [3.05, 3.63) is 24.2 Å². The summed E-state index contributed by atoms with van der Waals surface area (Å²) in [4.78, 5) is 21.9. The first-order valence-electron chi connectivity index (χ1n) is 6.11. The van der Waals surface area contributed by atoms with Crippen LogP contribution in [0.2, 0.25) is 0 Å². The Bertz CT molecular complexity index is 372. The lowest BCUT2D eigenvalue weighted by Crippen LogP contribution is -2.32. The number of rotatable bonds is 8. The van der Waals surface area contributed by atoms with Crippen LogP contribution in [0, 0.1) is 0 Å². The van der Waals surface area contributed by atoms with Crippen molar-refractivity contribution in [1.29, 1.82) is 0 Å². The molecule has 5 nitrogen and oxygen atoms in total. The summed E-state index contributed by atoms with van der Waals surface area (Å²) in [5.74, 6) is -0.0377. The summed E-state index contributed by atoms with van der Waals surface area (Å²) >= 11 is 0. The molecule has 1 atom stereocenters. The van der Waals surface area contributed by atoms with Gasteiger partial charge in [0.25, 0.3) is 0 Å². The summed E-state index contributed by atoms with van der Waals surface area (Å²) in [5, 5.41) is 11.3. The van der Waals surface area contributed by atoms with E-state index in [4.69, 9.17) is 9.52 Å². The van der Waals surface area contributed by atoms with Crippen molar-refractivity contribution in [2.75, 3.05) is 0 Å². The van der Waals surface area contributed by atoms with Gasteiger partial charge in [0.1, 0.15) is 5.76 Å². The van der Waals surface area contributed by atoms with Crippen molar-refractivity contribution in [2.24, 2.45) is 0 Å². The van der Waals surface area contributed by atoms with E-state index in [1.54, 1.807) is 12.3 Å². The molecule has 5 heteroatoms. The molecule has 0 radical (unpaired) electrons. The molecule has 0 fully saturated rings. The van der Waals surface area contributed by atoms with Crippen LogP contribution in [0.25, 0.3) is 0 Å². The molecule has 0 bridgehead atoms. The highest BCUT2D eigenvalue weighted by molar-refractivity contribution is 5.76. The predicted molar refractivity (Wildman–Crippen MR) is 66.1 cm³/mol. The lowest BCUT2D eigenvalue weighted by molar-refractivity contribution is -0.137. The third kappa shape index (κ3) is 6.08. The number of furan rings is 1. The van der Waals surface area contributed by atoms with Crippen molar-refractivity contribution < 1.29 is 19.1 Å². The molecule has 0 saturated heterocycles. The van der Waals surface area contributed by atoms with Gasteiger partial charge >= 0.3 is 5.97 Å². The zero-order valence-corrected chi connectivity index (χ0v) is 10.5. The van der Waals surface area contributed by atoms with Crippen molar-refractivity contribution in [1.82, 2.24) is 5.32 Å². The number of carboxylic acid groups (broad SMARTS) is 1.